The summed E-state index contributed by atoms with van der Waals surface area (Å²) >= 11 is 0. The van der Waals surface area contributed by atoms with Crippen molar-refractivity contribution in [2.24, 2.45) is 0 Å². The van der Waals surface area contributed by atoms with E-state index in [0.29, 0.717) is 5.91 Å². The molecule has 0 saturated heterocycles. The Morgan fingerprint density at radius 2 is 1.64 bits per heavy atom. The topological polar surface area (TPSA) is 20.3 Å². The van der Waals surface area contributed by atoms with Gasteiger partial charge in [0.1, 0.15) is 0 Å². The van der Waals surface area contributed by atoms with Gasteiger partial charge in [0.05, 0.1) is 14.1 Å². The molecule has 1 aliphatic heterocycles. The summed E-state index contributed by atoms with van der Waals surface area (Å²) in [5, 5.41) is 1.20. The van der Waals surface area contributed by atoms with Crippen LogP contribution in [0.25, 0.3) is 0 Å². The summed E-state index contributed by atoms with van der Waals surface area (Å²) in [5.41, 5.74) is 2.71. The Labute approximate surface area is 155 Å². The molecule has 0 bridgehead atoms. The standard InChI is InChI=1S/C22H35NOSi/c1-6-8-9-13-16-19-20(18-14-11-10-12-15-18)23(17-7-2)22(24)21(19)25(3,4)5/h10-12,14-15,20H,6-9,13,16-17H2,1-5H3. The summed E-state index contributed by atoms with van der Waals surface area (Å²) in [6.07, 6.45) is 7.10. The van der Waals surface area contributed by atoms with Gasteiger partial charge in [0, 0.05) is 11.7 Å². The maximum atomic E-state index is 13.3. The van der Waals surface area contributed by atoms with Crippen molar-refractivity contribution in [3.8, 4) is 0 Å². The first-order chi connectivity index (χ1) is 11.9. The Kier molecular flexibility index (Phi) is 7.06. The van der Waals surface area contributed by atoms with E-state index < -0.39 is 8.07 Å². The summed E-state index contributed by atoms with van der Waals surface area (Å²) in [7, 11) is -1.68. The summed E-state index contributed by atoms with van der Waals surface area (Å²) in [5.74, 6) is 0.320. The number of hydrogen-bond donors (Lipinski definition) is 0. The van der Waals surface area contributed by atoms with Gasteiger partial charge in [-0.2, -0.15) is 0 Å². The van der Waals surface area contributed by atoms with Crippen LogP contribution in [0.2, 0.25) is 19.6 Å². The summed E-state index contributed by atoms with van der Waals surface area (Å²) in [4.78, 5) is 15.5. The van der Waals surface area contributed by atoms with E-state index in [4.69, 9.17) is 0 Å². The molecule has 0 aliphatic carbocycles. The largest absolute Gasteiger partial charge is 0.328 e. The minimum atomic E-state index is -1.68. The first kappa shape index (κ1) is 20.0. The fourth-order valence-corrected chi connectivity index (χ4v) is 6.03. The van der Waals surface area contributed by atoms with E-state index in [9.17, 15) is 4.79 Å². The monoisotopic (exact) mass is 357 g/mol. The zero-order valence-electron chi connectivity index (χ0n) is 16.8. The molecule has 2 nitrogen and oxygen atoms in total. The third-order valence-electron chi connectivity index (χ3n) is 5.07. The van der Waals surface area contributed by atoms with Gasteiger partial charge in [0.25, 0.3) is 0 Å². The number of unbranched alkanes of at least 4 members (excludes halogenated alkanes) is 3. The molecule has 1 amide bonds. The van der Waals surface area contributed by atoms with Gasteiger partial charge in [0.2, 0.25) is 5.91 Å². The normalized spacial score (nSPS) is 18.4. The van der Waals surface area contributed by atoms with Crippen molar-refractivity contribution in [3.05, 3.63) is 46.7 Å². The van der Waals surface area contributed by atoms with Gasteiger partial charge < -0.3 is 4.90 Å². The molecule has 1 heterocycles. The van der Waals surface area contributed by atoms with Crippen LogP contribution in [0.1, 0.15) is 64.0 Å². The molecule has 138 valence electrons. The van der Waals surface area contributed by atoms with Gasteiger partial charge in [0.15, 0.2) is 0 Å². The lowest BCUT2D eigenvalue weighted by molar-refractivity contribution is -0.126. The fraction of sp³-hybridized carbons (Fsp3) is 0.591. The number of rotatable bonds is 9. The molecular weight excluding hydrogens is 322 g/mol. The first-order valence-electron chi connectivity index (χ1n) is 10.0. The fourth-order valence-electron chi connectivity index (χ4n) is 4.02. The van der Waals surface area contributed by atoms with Crippen molar-refractivity contribution < 1.29 is 4.79 Å². The summed E-state index contributed by atoms with van der Waals surface area (Å²) in [6.45, 7) is 12.2. The van der Waals surface area contributed by atoms with Gasteiger partial charge in [-0.1, -0.05) is 83.1 Å². The molecule has 1 atom stereocenters. The van der Waals surface area contributed by atoms with Crippen LogP contribution in [-0.2, 0) is 4.79 Å². The van der Waals surface area contributed by atoms with E-state index in [1.807, 2.05) is 0 Å². The van der Waals surface area contributed by atoms with E-state index in [-0.39, 0.29) is 6.04 Å². The van der Waals surface area contributed by atoms with Crippen LogP contribution in [0.5, 0.6) is 0 Å². The molecule has 1 unspecified atom stereocenters. The van der Waals surface area contributed by atoms with E-state index in [1.54, 1.807) is 0 Å². The molecule has 0 aromatic heterocycles. The second-order valence-electron chi connectivity index (χ2n) is 8.27. The molecule has 0 N–H and O–H groups in total. The average Bonchev–Trinajstić information content (AvgIpc) is 2.85. The van der Waals surface area contributed by atoms with Crippen molar-refractivity contribution >= 4 is 14.0 Å². The molecule has 1 aromatic carbocycles. The minimum absolute atomic E-state index is 0.164. The maximum absolute atomic E-state index is 13.3. The SMILES string of the molecule is CCCCCCC1=C([Si](C)(C)C)C(=O)N(CCC)C1c1ccccc1. The molecule has 3 heteroatoms. The average molecular weight is 358 g/mol. The Balaban J connectivity index is 2.44. The molecular formula is C22H35NOSi. The van der Waals surface area contributed by atoms with Crippen LogP contribution in [0.4, 0.5) is 0 Å². The molecule has 25 heavy (non-hydrogen) atoms. The number of carbonyl (C=O) groups is 1. The second kappa shape index (κ2) is 8.84. The molecule has 0 spiro atoms. The summed E-state index contributed by atoms with van der Waals surface area (Å²) < 4.78 is 0. The number of hydrogen-bond acceptors (Lipinski definition) is 1. The zero-order valence-corrected chi connectivity index (χ0v) is 17.8. The number of amides is 1. The van der Waals surface area contributed by atoms with Crippen LogP contribution in [0, 0.1) is 0 Å². The van der Waals surface area contributed by atoms with Crippen LogP contribution in [0.3, 0.4) is 0 Å². The predicted molar refractivity (Wildman–Crippen MR) is 110 cm³/mol. The third kappa shape index (κ3) is 4.63. The zero-order chi connectivity index (χ0) is 18.4. The Morgan fingerprint density at radius 3 is 2.20 bits per heavy atom. The van der Waals surface area contributed by atoms with E-state index in [0.717, 1.165) is 19.4 Å². The molecule has 0 saturated carbocycles. The highest BCUT2D eigenvalue weighted by Crippen LogP contribution is 2.43. The van der Waals surface area contributed by atoms with E-state index in [1.165, 1.54) is 42.0 Å². The van der Waals surface area contributed by atoms with Gasteiger partial charge in [-0.3, -0.25) is 4.79 Å². The van der Waals surface area contributed by atoms with Gasteiger partial charge in [-0.15, -0.1) is 0 Å². The first-order valence-corrected chi connectivity index (χ1v) is 13.5. The van der Waals surface area contributed by atoms with Gasteiger partial charge in [-0.25, -0.2) is 0 Å². The van der Waals surface area contributed by atoms with Crippen molar-refractivity contribution in [1.29, 1.82) is 0 Å². The quantitative estimate of drug-likeness (QED) is 0.385. The lowest BCUT2D eigenvalue weighted by atomic mass is 9.95. The highest BCUT2D eigenvalue weighted by molar-refractivity contribution is 6.87. The van der Waals surface area contributed by atoms with Crippen molar-refractivity contribution in [1.82, 2.24) is 4.90 Å². The van der Waals surface area contributed by atoms with E-state index in [2.05, 4.69) is 68.7 Å². The van der Waals surface area contributed by atoms with Crippen molar-refractivity contribution in [2.45, 2.75) is 78.1 Å². The number of carbonyl (C=O) groups excluding carboxylic acids is 1. The minimum Gasteiger partial charge on any atom is -0.328 e. The summed E-state index contributed by atoms with van der Waals surface area (Å²) in [6, 6.07) is 10.8. The van der Waals surface area contributed by atoms with Gasteiger partial charge >= 0.3 is 0 Å². The molecule has 1 aliphatic rings. The molecule has 1 aromatic rings. The van der Waals surface area contributed by atoms with Crippen molar-refractivity contribution in [2.75, 3.05) is 6.54 Å². The lowest BCUT2D eigenvalue weighted by Crippen LogP contribution is -2.36. The second-order valence-corrected chi connectivity index (χ2v) is 13.3. The van der Waals surface area contributed by atoms with Crippen LogP contribution in [0.15, 0.2) is 41.1 Å². The van der Waals surface area contributed by atoms with E-state index >= 15 is 0 Å². The van der Waals surface area contributed by atoms with Crippen LogP contribution >= 0.6 is 0 Å². The number of benzene rings is 1. The van der Waals surface area contributed by atoms with Crippen molar-refractivity contribution in [3.63, 3.8) is 0 Å². The maximum Gasteiger partial charge on any atom is 0.246 e. The predicted octanol–water partition coefficient (Wildman–Crippen LogP) is 6.12. The Bertz CT molecular complexity index is 600. The molecule has 0 fully saturated rings. The van der Waals surface area contributed by atoms with Gasteiger partial charge in [-0.05, 0) is 30.4 Å². The molecule has 2 rings (SSSR count). The highest BCUT2D eigenvalue weighted by atomic mass is 28.3. The van der Waals surface area contributed by atoms with Crippen LogP contribution in [-0.4, -0.2) is 25.4 Å². The molecule has 0 radical (unpaired) electrons. The Morgan fingerprint density at radius 1 is 0.960 bits per heavy atom. The lowest BCUT2D eigenvalue weighted by Gasteiger charge is -2.27. The highest BCUT2D eigenvalue weighted by Gasteiger charge is 2.43. The smallest absolute Gasteiger partial charge is 0.246 e. The van der Waals surface area contributed by atoms with Crippen LogP contribution < -0.4 is 0 Å². The Hall–Kier alpha value is -1.35. The number of nitrogens with zero attached hydrogens (tertiary/aromatic N) is 1. The third-order valence-corrected chi connectivity index (χ3v) is 7.10.